The van der Waals surface area contributed by atoms with Crippen LogP contribution in [0.25, 0.3) is 11.0 Å². The van der Waals surface area contributed by atoms with Gasteiger partial charge in [0.25, 0.3) is 5.56 Å². The molecule has 2 N–H and O–H groups in total. The minimum Gasteiger partial charge on any atom is -0.384 e. The molecule has 3 heterocycles. The molecule has 1 unspecified atom stereocenters. The average Bonchev–Trinajstić information content (AvgIpc) is 2.97. The van der Waals surface area contributed by atoms with Crippen LogP contribution in [0.2, 0.25) is 0 Å². The Morgan fingerprint density at radius 3 is 2.78 bits per heavy atom. The molecule has 8 nitrogen and oxygen atoms in total. The van der Waals surface area contributed by atoms with Gasteiger partial charge < -0.3 is 10.3 Å². The molecule has 4 rings (SSSR count). The number of hydrogen-bond donors (Lipinski definition) is 1. The lowest BCUT2D eigenvalue weighted by molar-refractivity contribution is 0.391. The highest BCUT2D eigenvalue weighted by Gasteiger charge is 2.22. The number of aryl methyl sites for hydroxylation is 2. The summed E-state index contributed by atoms with van der Waals surface area (Å²) in [5, 5.41) is 4.29. The molecule has 0 saturated heterocycles. The minimum atomic E-state index is -0.401. The highest BCUT2D eigenvalue weighted by molar-refractivity contribution is 5.75. The predicted octanol–water partition coefficient (Wildman–Crippen LogP) is 2.07. The lowest BCUT2D eigenvalue weighted by Gasteiger charge is -2.22. The zero-order valence-corrected chi connectivity index (χ0v) is 15.3. The highest BCUT2D eigenvalue weighted by atomic mass is 16.5. The molecule has 0 saturated carbocycles. The van der Waals surface area contributed by atoms with Gasteiger partial charge in [-0.25, -0.2) is 9.78 Å². The van der Waals surface area contributed by atoms with Crippen molar-refractivity contribution in [2.24, 2.45) is 0 Å². The van der Waals surface area contributed by atoms with Gasteiger partial charge in [0.15, 0.2) is 5.65 Å². The van der Waals surface area contributed by atoms with Crippen LogP contribution in [0.4, 0.5) is 5.82 Å². The molecule has 1 aliphatic carbocycles. The fraction of sp³-hybridized carbons (Fsp3) is 0.368. The summed E-state index contributed by atoms with van der Waals surface area (Å²) in [4.78, 5) is 30.7. The van der Waals surface area contributed by atoms with Crippen molar-refractivity contribution < 1.29 is 4.52 Å². The van der Waals surface area contributed by atoms with Gasteiger partial charge in [0.1, 0.15) is 11.6 Å². The van der Waals surface area contributed by atoms with E-state index in [-0.39, 0.29) is 18.4 Å². The first-order valence-electron chi connectivity index (χ1n) is 8.97. The topological polar surface area (TPSA) is 109 Å². The second-order valence-electron chi connectivity index (χ2n) is 6.88. The molecule has 1 atom stereocenters. The summed E-state index contributed by atoms with van der Waals surface area (Å²) in [5.41, 5.74) is 6.78. The molecular weight excluding hydrogens is 346 g/mol. The number of nitrogen functional groups attached to an aromatic ring is 1. The number of nitrogens with zero attached hydrogens (tertiary/aromatic N) is 4. The van der Waals surface area contributed by atoms with E-state index in [9.17, 15) is 9.59 Å². The van der Waals surface area contributed by atoms with Crippen LogP contribution in [0.5, 0.6) is 0 Å². The number of aromatic nitrogens is 4. The van der Waals surface area contributed by atoms with E-state index < -0.39 is 11.2 Å². The smallest absolute Gasteiger partial charge is 0.333 e. The molecule has 1 aliphatic rings. The van der Waals surface area contributed by atoms with Gasteiger partial charge in [0, 0.05) is 5.56 Å². The van der Waals surface area contributed by atoms with Gasteiger partial charge >= 0.3 is 5.69 Å². The predicted molar refractivity (Wildman–Crippen MR) is 102 cm³/mol. The number of anilines is 1. The summed E-state index contributed by atoms with van der Waals surface area (Å²) < 4.78 is 8.00. The van der Waals surface area contributed by atoms with E-state index in [0.29, 0.717) is 22.5 Å². The second kappa shape index (κ2) is 6.53. The van der Waals surface area contributed by atoms with Crippen molar-refractivity contribution in [3.05, 3.63) is 62.1 Å². The molecule has 0 fully saturated rings. The standard InChI is InChI=1S/C19H21N5O3/c1-11-15(12(2)27-22-11)10-23-18(25)14-8-9-16(20)21-17(14)24(19(23)26)13-6-4-3-5-7-13/h4,6,8-9,13H,3,5,7,10H2,1-2H3,(H2,20,21). The zero-order chi connectivity index (χ0) is 19.1. The van der Waals surface area contributed by atoms with E-state index in [1.807, 2.05) is 6.08 Å². The molecule has 0 amide bonds. The fourth-order valence-electron chi connectivity index (χ4n) is 3.60. The highest BCUT2D eigenvalue weighted by Crippen LogP contribution is 2.23. The van der Waals surface area contributed by atoms with Crippen molar-refractivity contribution in [3.63, 3.8) is 0 Å². The molecule has 0 bridgehead atoms. The molecule has 3 aromatic rings. The maximum atomic E-state index is 13.3. The Morgan fingerprint density at radius 2 is 2.11 bits per heavy atom. The largest absolute Gasteiger partial charge is 0.384 e. The third-order valence-electron chi connectivity index (χ3n) is 5.10. The monoisotopic (exact) mass is 367 g/mol. The normalized spacial score (nSPS) is 16.9. The maximum absolute atomic E-state index is 13.3. The Morgan fingerprint density at radius 1 is 1.30 bits per heavy atom. The van der Waals surface area contributed by atoms with Crippen molar-refractivity contribution in [2.75, 3.05) is 5.73 Å². The summed E-state index contributed by atoms with van der Waals surface area (Å²) in [6, 6.07) is 3.06. The Kier molecular flexibility index (Phi) is 4.18. The number of nitrogens with two attached hydrogens (primary N) is 1. The van der Waals surface area contributed by atoms with E-state index in [1.165, 1.54) is 4.57 Å². The molecule has 0 aromatic carbocycles. The van der Waals surface area contributed by atoms with Crippen LogP contribution >= 0.6 is 0 Å². The van der Waals surface area contributed by atoms with Gasteiger partial charge in [0.2, 0.25) is 0 Å². The number of allylic oxidation sites excluding steroid dienone is 2. The summed E-state index contributed by atoms with van der Waals surface area (Å²) in [7, 11) is 0. The van der Waals surface area contributed by atoms with E-state index in [1.54, 1.807) is 30.5 Å². The second-order valence-corrected chi connectivity index (χ2v) is 6.88. The van der Waals surface area contributed by atoms with Gasteiger partial charge in [0.05, 0.1) is 23.7 Å². The molecule has 8 heteroatoms. The quantitative estimate of drug-likeness (QED) is 0.710. The van der Waals surface area contributed by atoms with Crippen LogP contribution in [-0.2, 0) is 6.54 Å². The molecule has 0 radical (unpaired) electrons. The Hall–Kier alpha value is -3.16. The lowest BCUT2D eigenvalue weighted by Crippen LogP contribution is -2.42. The Labute approximate surface area is 154 Å². The van der Waals surface area contributed by atoms with Gasteiger partial charge in [-0.1, -0.05) is 17.3 Å². The fourth-order valence-corrected chi connectivity index (χ4v) is 3.60. The number of pyridine rings is 1. The molecular formula is C19H21N5O3. The summed E-state index contributed by atoms with van der Waals surface area (Å²) >= 11 is 0. The minimum absolute atomic E-state index is 0.107. The lowest BCUT2D eigenvalue weighted by atomic mass is 10.0. The number of rotatable bonds is 3. The van der Waals surface area contributed by atoms with Crippen LogP contribution in [0, 0.1) is 13.8 Å². The SMILES string of the molecule is Cc1noc(C)c1Cn1c(=O)c2ccc(N)nc2n(C2C=CCCC2)c1=O. The first-order valence-corrected chi connectivity index (χ1v) is 8.97. The summed E-state index contributed by atoms with van der Waals surface area (Å²) in [6.07, 6.45) is 6.83. The van der Waals surface area contributed by atoms with Crippen molar-refractivity contribution in [3.8, 4) is 0 Å². The van der Waals surface area contributed by atoms with E-state index in [2.05, 4.69) is 16.2 Å². The first-order chi connectivity index (χ1) is 13.0. The van der Waals surface area contributed by atoms with E-state index in [0.717, 1.165) is 24.8 Å². The van der Waals surface area contributed by atoms with Gasteiger partial charge in [-0.15, -0.1) is 0 Å². The maximum Gasteiger partial charge on any atom is 0.333 e. The average molecular weight is 367 g/mol. The molecule has 27 heavy (non-hydrogen) atoms. The van der Waals surface area contributed by atoms with Crippen molar-refractivity contribution in [1.82, 2.24) is 19.3 Å². The van der Waals surface area contributed by atoms with E-state index >= 15 is 0 Å². The Balaban J connectivity index is 2.01. The van der Waals surface area contributed by atoms with Crippen LogP contribution in [0.1, 0.15) is 42.3 Å². The molecule has 3 aromatic heterocycles. The zero-order valence-electron chi connectivity index (χ0n) is 15.3. The molecule has 0 aliphatic heterocycles. The van der Waals surface area contributed by atoms with E-state index in [4.69, 9.17) is 10.3 Å². The van der Waals surface area contributed by atoms with Gasteiger partial charge in [-0.3, -0.25) is 13.9 Å². The number of fused-ring (bicyclic) bond motifs is 1. The van der Waals surface area contributed by atoms with Crippen LogP contribution < -0.4 is 17.0 Å². The number of hydrogen-bond acceptors (Lipinski definition) is 6. The van der Waals surface area contributed by atoms with Gasteiger partial charge in [-0.2, -0.15) is 0 Å². The summed E-state index contributed by atoms with van der Waals surface area (Å²) in [6.45, 7) is 3.67. The Bertz CT molecular complexity index is 1150. The third-order valence-corrected chi connectivity index (χ3v) is 5.10. The van der Waals surface area contributed by atoms with Crippen LogP contribution in [0.3, 0.4) is 0 Å². The molecule has 0 spiro atoms. The third kappa shape index (κ3) is 2.87. The van der Waals surface area contributed by atoms with Crippen LogP contribution in [0.15, 0.2) is 38.4 Å². The van der Waals surface area contributed by atoms with Crippen molar-refractivity contribution in [1.29, 1.82) is 0 Å². The molecule has 140 valence electrons. The van der Waals surface area contributed by atoms with Gasteiger partial charge in [-0.05, 0) is 45.2 Å². The van der Waals surface area contributed by atoms with Crippen molar-refractivity contribution >= 4 is 16.9 Å². The van der Waals surface area contributed by atoms with Crippen molar-refractivity contribution in [2.45, 2.75) is 45.7 Å². The first kappa shape index (κ1) is 17.3. The van der Waals surface area contributed by atoms with Crippen LogP contribution in [-0.4, -0.2) is 19.3 Å². The summed E-state index contributed by atoms with van der Waals surface area (Å²) in [5.74, 6) is 0.872.